The van der Waals surface area contributed by atoms with Crippen LogP contribution >= 0.6 is 11.6 Å². The molecule has 0 aromatic carbocycles. The van der Waals surface area contributed by atoms with Gasteiger partial charge >= 0.3 is 0 Å². The zero-order chi connectivity index (χ0) is 9.65. The van der Waals surface area contributed by atoms with E-state index in [0.717, 1.165) is 6.92 Å². The first-order valence-corrected chi connectivity index (χ1v) is 3.63. The van der Waals surface area contributed by atoms with Crippen molar-refractivity contribution in [2.24, 2.45) is 5.41 Å². The van der Waals surface area contributed by atoms with Gasteiger partial charge in [-0.15, -0.1) is 0 Å². The fourth-order valence-corrected chi connectivity index (χ4v) is 0. The summed E-state index contributed by atoms with van der Waals surface area (Å²) in [6.07, 6.45) is 0. The van der Waals surface area contributed by atoms with Gasteiger partial charge in [0, 0.05) is 12.3 Å². The van der Waals surface area contributed by atoms with Gasteiger partial charge in [0.05, 0.1) is 0 Å². The van der Waals surface area contributed by atoms with Gasteiger partial charge in [0.2, 0.25) is 0 Å². The SMILES string of the molecule is CC(=O)O.CC(C)(C)C(O)Cl. The molecule has 1 atom stereocenters. The summed E-state index contributed by atoms with van der Waals surface area (Å²) >= 11 is 5.31. The lowest BCUT2D eigenvalue weighted by atomic mass is 9.98. The summed E-state index contributed by atoms with van der Waals surface area (Å²) in [5, 5.41) is 16.1. The molecule has 0 fully saturated rings. The molecule has 0 saturated heterocycles. The van der Waals surface area contributed by atoms with Crippen LogP contribution in [0.3, 0.4) is 0 Å². The predicted molar refractivity (Wildman–Crippen MR) is 44.6 cm³/mol. The van der Waals surface area contributed by atoms with E-state index < -0.39 is 11.5 Å². The van der Waals surface area contributed by atoms with E-state index >= 15 is 0 Å². The quantitative estimate of drug-likeness (QED) is 0.561. The van der Waals surface area contributed by atoms with Crippen LogP contribution in [0.2, 0.25) is 0 Å². The highest BCUT2D eigenvalue weighted by molar-refractivity contribution is 6.19. The molecule has 3 nitrogen and oxygen atoms in total. The van der Waals surface area contributed by atoms with Crippen LogP contribution in [-0.4, -0.2) is 21.7 Å². The maximum atomic E-state index is 9.00. The maximum absolute atomic E-state index is 9.00. The normalized spacial score (nSPS) is 12.9. The summed E-state index contributed by atoms with van der Waals surface area (Å²) in [6, 6.07) is 0. The molecule has 1 unspecified atom stereocenters. The second kappa shape index (κ2) is 5.38. The van der Waals surface area contributed by atoms with Gasteiger partial charge in [-0.25, -0.2) is 0 Å². The minimum Gasteiger partial charge on any atom is -0.481 e. The van der Waals surface area contributed by atoms with E-state index in [1.165, 1.54) is 0 Å². The number of carboxylic acid groups (broad SMARTS) is 1. The molecule has 0 amide bonds. The topological polar surface area (TPSA) is 57.5 Å². The Bertz CT molecular complexity index is 111. The van der Waals surface area contributed by atoms with Gasteiger partial charge in [-0.05, 0) is 0 Å². The van der Waals surface area contributed by atoms with Crippen LogP contribution in [0.5, 0.6) is 0 Å². The Kier molecular flexibility index (Phi) is 6.52. The largest absolute Gasteiger partial charge is 0.481 e. The molecule has 0 aliphatic rings. The molecule has 4 heteroatoms. The molecule has 0 spiro atoms. The Morgan fingerprint density at radius 3 is 1.55 bits per heavy atom. The minimum atomic E-state index is -0.833. The summed E-state index contributed by atoms with van der Waals surface area (Å²) in [5.41, 5.74) is -0.908. The standard InChI is InChI=1S/C5H11ClO.C2H4O2/c1-5(2,3)4(6)7;1-2(3)4/h4,7H,1-3H3;1H3,(H,3,4). The van der Waals surface area contributed by atoms with Crippen molar-refractivity contribution in [3.63, 3.8) is 0 Å². The number of hydrogen-bond acceptors (Lipinski definition) is 2. The molecule has 68 valence electrons. The zero-order valence-electron chi connectivity index (χ0n) is 7.26. The van der Waals surface area contributed by atoms with Crippen LogP contribution in [0.25, 0.3) is 0 Å². The number of rotatable bonds is 0. The molecule has 0 aromatic rings. The van der Waals surface area contributed by atoms with Crippen LogP contribution in [0.15, 0.2) is 0 Å². The zero-order valence-corrected chi connectivity index (χ0v) is 8.01. The van der Waals surface area contributed by atoms with Gasteiger partial charge in [-0.1, -0.05) is 32.4 Å². The first kappa shape index (κ1) is 13.3. The van der Waals surface area contributed by atoms with Crippen molar-refractivity contribution in [2.75, 3.05) is 0 Å². The molecule has 0 aromatic heterocycles. The first-order valence-electron chi connectivity index (χ1n) is 3.19. The van der Waals surface area contributed by atoms with Crippen LogP contribution in [0.1, 0.15) is 27.7 Å². The molecule has 0 rings (SSSR count). The van der Waals surface area contributed by atoms with Crippen LogP contribution in [0, 0.1) is 5.41 Å². The minimum absolute atomic E-state index is 0.179. The van der Waals surface area contributed by atoms with Gasteiger partial charge in [0.15, 0.2) is 0 Å². The smallest absolute Gasteiger partial charge is 0.300 e. The lowest BCUT2D eigenvalue weighted by Crippen LogP contribution is -2.19. The lowest BCUT2D eigenvalue weighted by Gasteiger charge is -2.18. The Morgan fingerprint density at radius 2 is 1.55 bits per heavy atom. The van der Waals surface area contributed by atoms with Gasteiger partial charge in [-0.3, -0.25) is 4.79 Å². The summed E-state index contributed by atoms with van der Waals surface area (Å²) in [4.78, 5) is 9.00. The molecule has 0 aliphatic carbocycles. The van der Waals surface area contributed by atoms with E-state index in [9.17, 15) is 0 Å². The number of hydrogen-bond donors (Lipinski definition) is 2. The highest BCUT2D eigenvalue weighted by atomic mass is 35.5. The highest BCUT2D eigenvalue weighted by Gasteiger charge is 2.18. The number of aliphatic carboxylic acids is 1. The Balaban J connectivity index is 0. The first-order chi connectivity index (χ1) is 4.68. The third-order valence-corrected chi connectivity index (χ3v) is 1.37. The van der Waals surface area contributed by atoms with Gasteiger partial charge < -0.3 is 10.2 Å². The molecular weight excluding hydrogens is 168 g/mol. The van der Waals surface area contributed by atoms with Crippen molar-refractivity contribution in [1.82, 2.24) is 0 Å². The van der Waals surface area contributed by atoms with E-state index in [2.05, 4.69) is 0 Å². The third-order valence-electron chi connectivity index (χ3n) is 0.715. The molecule has 0 saturated carbocycles. The predicted octanol–water partition coefficient (Wildman–Crippen LogP) is 1.68. The number of halogens is 1. The van der Waals surface area contributed by atoms with Crippen LogP contribution in [-0.2, 0) is 4.79 Å². The fourth-order valence-electron chi connectivity index (χ4n) is 0. The van der Waals surface area contributed by atoms with Crippen molar-refractivity contribution in [1.29, 1.82) is 0 Å². The molecule has 11 heavy (non-hydrogen) atoms. The molecule has 0 heterocycles. The number of carboxylic acids is 1. The van der Waals surface area contributed by atoms with E-state index in [0.29, 0.717) is 0 Å². The van der Waals surface area contributed by atoms with Gasteiger partial charge in [0.1, 0.15) is 5.56 Å². The Morgan fingerprint density at radius 1 is 1.45 bits per heavy atom. The average Bonchev–Trinajstić information content (AvgIpc) is 1.59. The fraction of sp³-hybridized carbons (Fsp3) is 0.857. The summed E-state index contributed by atoms with van der Waals surface area (Å²) in [6.45, 7) is 6.72. The van der Waals surface area contributed by atoms with E-state index in [1.54, 1.807) is 0 Å². The van der Waals surface area contributed by atoms with Crippen molar-refractivity contribution in [3.8, 4) is 0 Å². The van der Waals surface area contributed by atoms with Crippen LogP contribution in [0.4, 0.5) is 0 Å². The summed E-state index contributed by atoms with van der Waals surface area (Å²) < 4.78 is 0. The third kappa shape index (κ3) is 17.7. The highest BCUT2D eigenvalue weighted by Crippen LogP contribution is 2.20. The van der Waals surface area contributed by atoms with E-state index in [1.807, 2.05) is 20.8 Å². The number of aliphatic hydroxyl groups excluding tert-OH is 1. The average molecular weight is 183 g/mol. The summed E-state index contributed by atoms with van der Waals surface area (Å²) in [5.74, 6) is -0.833. The monoisotopic (exact) mass is 182 g/mol. The number of alkyl halides is 1. The van der Waals surface area contributed by atoms with Crippen LogP contribution < -0.4 is 0 Å². The molecule has 0 radical (unpaired) electrons. The summed E-state index contributed by atoms with van der Waals surface area (Å²) in [7, 11) is 0. The Hall–Kier alpha value is -0.280. The number of aliphatic hydroxyl groups is 1. The van der Waals surface area contributed by atoms with Crippen molar-refractivity contribution >= 4 is 17.6 Å². The van der Waals surface area contributed by atoms with E-state index in [4.69, 9.17) is 26.6 Å². The van der Waals surface area contributed by atoms with Crippen molar-refractivity contribution in [2.45, 2.75) is 33.3 Å². The Labute approximate surface area is 72.0 Å². The molecular formula is C7H15ClO3. The maximum Gasteiger partial charge on any atom is 0.300 e. The second-order valence-electron chi connectivity index (χ2n) is 3.22. The van der Waals surface area contributed by atoms with Crippen molar-refractivity contribution < 1.29 is 15.0 Å². The molecule has 0 aliphatic heterocycles. The second-order valence-corrected chi connectivity index (χ2v) is 3.63. The lowest BCUT2D eigenvalue weighted by molar-refractivity contribution is -0.134. The molecule has 0 bridgehead atoms. The van der Waals surface area contributed by atoms with Gasteiger partial charge in [-0.2, -0.15) is 0 Å². The molecule has 2 N–H and O–H groups in total. The van der Waals surface area contributed by atoms with Crippen molar-refractivity contribution in [3.05, 3.63) is 0 Å². The number of carbonyl (C=O) groups is 1. The van der Waals surface area contributed by atoms with Gasteiger partial charge in [0.25, 0.3) is 5.97 Å². The van der Waals surface area contributed by atoms with E-state index in [-0.39, 0.29) is 5.41 Å².